The Bertz CT molecular complexity index is 640. The summed E-state index contributed by atoms with van der Waals surface area (Å²) in [6.07, 6.45) is 3.42. The number of hydrogen-bond acceptors (Lipinski definition) is 6. The molecule has 23 heavy (non-hydrogen) atoms. The fraction of sp³-hybridized carbons (Fsp3) is 0.500. The zero-order valence-corrected chi connectivity index (χ0v) is 14.0. The van der Waals surface area contributed by atoms with Crippen molar-refractivity contribution in [1.82, 2.24) is 15.0 Å². The first kappa shape index (κ1) is 16.1. The van der Waals surface area contributed by atoms with E-state index in [0.29, 0.717) is 16.7 Å². The number of likely N-dealkylation sites (tertiary alicyclic amines) is 1. The van der Waals surface area contributed by atoms with Gasteiger partial charge in [0.1, 0.15) is 0 Å². The third-order valence-corrected chi connectivity index (χ3v) is 4.46. The smallest absolute Gasteiger partial charge is 0.213 e. The largest absolute Gasteiger partial charge is 0.493 e. The molecule has 0 amide bonds. The highest BCUT2D eigenvalue weighted by Gasteiger charge is 2.24. The summed E-state index contributed by atoms with van der Waals surface area (Å²) >= 11 is 6.19. The van der Waals surface area contributed by atoms with Gasteiger partial charge in [-0.1, -0.05) is 16.8 Å². The molecule has 0 aliphatic carbocycles. The molecule has 0 unspecified atom stereocenters. The van der Waals surface area contributed by atoms with Gasteiger partial charge in [0.2, 0.25) is 6.39 Å². The van der Waals surface area contributed by atoms with Crippen molar-refractivity contribution in [3.63, 3.8) is 0 Å². The average molecular weight is 338 g/mol. The molecule has 1 aliphatic rings. The van der Waals surface area contributed by atoms with E-state index in [1.807, 2.05) is 6.07 Å². The summed E-state index contributed by atoms with van der Waals surface area (Å²) in [5, 5.41) is 4.60. The maximum Gasteiger partial charge on any atom is 0.213 e. The van der Waals surface area contributed by atoms with E-state index in [2.05, 4.69) is 15.0 Å². The summed E-state index contributed by atoms with van der Waals surface area (Å²) in [4.78, 5) is 6.54. The summed E-state index contributed by atoms with van der Waals surface area (Å²) in [6.45, 7) is 2.72. The molecule has 0 N–H and O–H groups in total. The highest BCUT2D eigenvalue weighted by Crippen LogP contribution is 2.36. The van der Waals surface area contributed by atoms with E-state index in [0.717, 1.165) is 49.6 Å². The molecule has 0 radical (unpaired) electrons. The molecule has 2 heterocycles. The van der Waals surface area contributed by atoms with Gasteiger partial charge < -0.3 is 14.0 Å². The summed E-state index contributed by atoms with van der Waals surface area (Å²) in [5.74, 6) is 2.60. The summed E-state index contributed by atoms with van der Waals surface area (Å²) in [5.41, 5.74) is 1.04. The van der Waals surface area contributed by atoms with Crippen molar-refractivity contribution >= 4 is 11.6 Å². The molecule has 7 heteroatoms. The van der Waals surface area contributed by atoms with Crippen molar-refractivity contribution in [1.29, 1.82) is 0 Å². The van der Waals surface area contributed by atoms with Crippen LogP contribution in [0.4, 0.5) is 0 Å². The Balaban J connectivity index is 1.68. The fourth-order valence-corrected chi connectivity index (χ4v) is 3.30. The lowest BCUT2D eigenvalue weighted by Crippen LogP contribution is -2.32. The Hall–Kier alpha value is -1.79. The number of aromatic nitrogens is 2. The summed E-state index contributed by atoms with van der Waals surface area (Å²) in [7, 11) is 3.27. The van der Waals surface area contributed by atoms with E-state index in [1.165, 1.54) is 6.39 Å². The van der Waals surface area contributed by atoms with Crippen LogP contribution in [0.15, 0.2) is 23.0 Å². The van der Waals surface area contributed by atoms with E-state index >= 15 is 0 Å². The van der Waals surface area contributed by atoms with E-state index in [4.69, 9.17) is 25.6 Å². The highest BCUT2D eigenvalue weighted by atomic mass is 35.5. The Morgan fingerprint density at radius 1 is 1.26 bits per heavy atom. The first-order valence-electron chi connectivity index (χ1n) is 7.60. The molecular weight excluding hydrogens is 318 g/mol. The summed E-state index contributed by atoms with van der Waals surface area (Å²) < 4.78 is 15.7. The second-order valence-electron chi connectivity index (χ2n) is 5.64. The zero-order chi connectivity index (χ0) is 16.2. The third-order valence-electron chi connectivity index (χ3n) is 4.25. The van der Waals surface area contributed by atoms with Crippen LogP contribution in [-0.4, -0.2) is 42.3 Å². The first-order chi connectivity index (χ1) is 11.2. The maximum atomic E-state index is 6.19. The highest BCUT2D eigenvalue weighted by molar-refractivity contribution is 6.30. The average Bonchev–Trinajstić information content (AvgIpc) is 3.09. The molecule has 1 aromatic carbocycles. The summed E-state index contributed by atoms with van der Waals surface area (Å²) in [6, 6.07) is 3.71. The van der Waals surface area contributed by atoms with Gasteiger partial charge in [0.25, 0.3) is 0 Å². The quantitative estimate of drug-likeness (QED) is 0.835. The molecule has 0 bridgehead atoms. The normalized spacial score (nSPS) is 16.5. The molecule has 1 aliphatic heterocycles. The standard InChI is InChI=1S/C16H20ClN3O3/c1-21-14-8-13(17)7-12(15(14)22-2)9-20-5-3-11(4-6-20)16-18-10-23-19-16/h7-8,10-11H,3-6,9H2,1-2H3. The van der Waals surface area contributed by atoms with Gasteiger partial charge in [0, 0.05) is 29.1 Å². The van der Waals surface area contributed by atoms with Crippen LogP contribution in [0, 0.1) is 0 Å². The van der Waals surface area contributed by atoms with E-state index in [-0.39, 0.29) is 0 Å². The molecular formula is C16H20ClN3O3. The van der Waals surface area contributed by atoms with Crippen LogP contribution in [0.1, 0.15) is 30.1 Å². The van der Waals surface area contributed by atoms with Gasteiger partial charge in [-0.2, -0.15) is 4.98 Å². The predicted molar refractivity (Wildman–Crippen MR) is 86.1 cm³/mol. The minimum absolute atomic E-state index is 0.376. The first-order valence-corrected chi connectivity index (χ1v) is 7.98. The van der Waals surface area contributed by atoms with Crippen molar-refractivity contribution in [2.75, 3.05) is 27.3 Å². The number of piperidine rings is 1. The van der Waals surface area contributed by atoms with Gasteiger partial charge in [-0.05, 0) is 32.0 Å². The van der Waals surface area contributed by atoms with Gasteiger partial charge in [-0.3, -0.25) is 4.90 Å². The van der Waals surface area contributed by atoms with E-state index in [9.17, 15) is 0 Å². The van der Waals surface area contributed by atoms with Crippen molar-refractivity contribution in [2.45, 2.75) is 25.3 Å². The predicted octanol–water partition coefficient (Wildman–Crippen LogP) is 3.12. The molecule has 1 aromatic heterocycles. The number of nitrogens with zero attached hydrogens (tertiary/aromatic N) is 3. The zero-order valence-electron chi connectivity index (χ0n) is 13.3. The van der Waals surface area contributed by atoms with Gasteiger partial charge >= 0.3 is 0 Å². The monoisotopic (exact) mass is 337 g/mol. The number of rotatable bonds is 5. The Labute approximate surface area is 140 Å². The molecule has 1 saturated heterocycles. The van der Waals surface area contributed by atoms with Crippen molar-refractivity contribution in [2.24, 2.45) is 0 Å². The topological polar surface area (TPSA) is 60.6 Å². The van der Waals surface area contributed by atoms with Crippen molar-refractivity contribution in [3.05, 3.63) is 34.9 Å². The van der Waals surface area contributed by atoms with Gasteiger partial charge in [-0.25, -0.2) is 0 Å². The molecule has 1 fully saturated rings. The molecule has 2 aromatic rings. The molecule has 124 valence electrons. The second kappa shape index (κ2) is 7.19. The van der Waals surface area contributed by atoms with E-state index in [1.54, 1.807) is 20.3 Å². The maximum absolute atomic E-state index is 6.19. The second-order valence-corrected chi connectivity index (χ2v) is 6.08. The third kappa shape index (κ3) is 3.59. The molecule has 0 atom stereocenters. The minimum Gasteiger partial charge on any atom is -0.493 e. The van der Waals surface area contributed by atoms with Crippen molar-refractivity contribution in [3.8, 4) is 11.5 Å². The Morgan fingerprint density at radius 2 is 2.04 bits per heavy atom. The van der Waals surface area contributed by atoms with Crippen LogP contribution in [0.3, 0.4) is 0 Å². The lowest BCUT2D eigenvalue weighted by molar-refractivity contribution is 0.197. The molecule has 0 spiro atoms. The van der Waals surface area contributed by atoms with Gasteiger partial charge in [0.05, 0.1) is 14.2 Å². The molecule has 0 saturated carbocycles. The fourth-order valence-electron chi connectivity index (χ4n) is 3.07. The molecule has 6 nitrogen and oxygen atoms in total. The van der Waals surface area contributed by atoms with Gasteiger partial charge in [0.15, 0.2) is 17.3 Å². The number of ether oxygens (including phenoxy) is 2. The SMILES string of the molecule is COc1cc(Cl)cc(CN2CCC(c3ncon3)CC2)c1OC. The minimum atomic E-state index is 0.376. The van der Waals surface area contributed by atoms with Crippen LogP contribution in [-0.2, 0) is 6.54 Å². The Morgan fingerprint density at radius 3 is 2.65 bits per heavy atom. The van der Waals surface area contributed by atoms with Crippen LogP contribution in [0.5, 0.6) is 11.5 Å². The number of methoxy groups -OCH3 is 2. The van der Waals surface area contributed by atoms with Crippen molar-refractivity contribution < 1.29 is 14.0 Å². The number of benzene rings is 1. The molecule has 3 rings (SSSR count). The lowest BCUT2D eigenvalue weighted by Gasteiger charge is -2.31. The van der Waals surface area contributed by atoms with Crippen LogP contribution in [0.2, 0.25) is 5.02 Å². The number of hydrogen-bond donors (Lipinski definition) is 0. The van der Waals surface area contributed by atoms with Gasteiger partial charge in [-0.15, -0.1) is 0 Å². The van der Waals surface area contributed by atoms with E-state index < -0.39 is 0 Å². The van der Waals surface area contributed by atoms with Crippen LogP contribution >= 0.6 is 11.6 Å². The number of halogens is 1. The van der Waals surface area contributed by atoms with Crippen LogP contribution < -0.4 is 9.47 Å². The Kier molecular flexibility index (Phi) is 5.03. The lowest BCUT2D eigenvalue weighted by atomic mass is 9.96. The van der Waals surface area contributed by atoms with Crippen LogP contribution in [0.25, 0.3) is 0 Å².